The number of hydrogen-bond acceptors (Lipinski definition) is 2. The van der Waals surface area contributed by atoms with Crippen LogP contribution < -0.4 is 16.4 Å². The minimum absolute atomic E-state index is 0.00361. The largest absolute Gasteiger partial charge is 0.351 e. The third-order valence-corrected chi connectivity index (χ3v) is 3.82. The number of nitrogens with one attached hydrogen (secondary N) is 1. The summed E-state index contributed by atoms with van der Waals surface area (Å²) in [7, 11) is 0. The average Bonchev–Trinajstić information content (AvgIpc) is 2.53. The number of primary amides is 1. The van der Waals surface area contributed by atoms with E-state index in [9.17, 15) is 9.59 Å². The first-order valence-electron chi connectivity index (χ1n) is 7.23. The smallest absolute Gasteiger partial charge is 0.319 e. The second-order valence-electron chi connectivity index (χ2n) is 5.27. The first kappa shape index (κ1) is 17.0. The van der Waals surface area contributed by atoms with Gasteiger partial charge in [0, 0.05) is 16.1 Å². The van der Waals surface area contributed by atoms with Crippen LogP contribution in [0.2, 0.25) is 5.02 Å². The van der Waals surface area contributed by atoms with Crippen molar-refractivity contribution in [2.24, 2.45) is 5.73 Å². The van der Waals surface area contributed by atoms with Crippen LogP contribution in [0.1, 0.15) is 30.1 Å². The summed E-state index contributed by atoms with van der Waals surface area (Å²) in [5.74, 6) is -0.440. The maximum Gasteiger partial charge on any atom is 0.319 e. The molecule has 120 valence electrons. The van der Waals surface area contributed by atoms with Crippen molar-refractivity contribution in [2.75, 3.05) is 0 Å². The molecular formula is C17H19ClN3O2+. The minimum atomic E-state index is -0.858. The highest BCUT2D eigenvalue weighted by atomic mass is 35.5. The van der Waals surface area contributed by atoms with E-state index in [0.717, 1.165) is 11.1 Å². The zero-order chi connectivity index (χ0) is 16.8. The summed E-state index contributed by atoms with van der Waals surface area (Å²) in [4.78, 5) is 23.3. The van der Waals surface area contributed by atoms with Gasteiger partial charge in [-0.3, -0.25) is 10.1 Å². The number of carbonyl (C=O) groups excluding carboxylic acids is 2. The monoisotopic (exact) mass is 332 g/mol. The van der Waals surface area contributed by atoms with Crippen molar-refractivity contribution >= 4 is 23.5 Å². The third-order valence-electron chi connectivity index (χ3n) is 3.56. The predicted molar refractivity (Wildman–Crippen MR) is 88.7 cm³/mol. The summed E-state index contributed by atoms with van der Waals surface area (Å²) in [5, 5.41) is 4.70. The SMILES string of the molecule is C[C@@H]([NH2+][C@H](C(=O)NC(N)=O)c1ccccc1)c1ccc(Cl)cc1. The number of imide groups is 1. The van der Waals surface area contributed by atoms with Crippen LogP contribution in [0.25, 0.3) is 0 Å². The van der Waals surface area contributed by atoms with E-state index < -0.39 is 18.0 Å². The summed E-state index contributed by atoms with van der Waals surface area (Å²) in [6.45, 7) is 1.98. The topological polar surface area (TPSA) is 88.8 Å². The molecule has 6 heteroatoms. The van der Waals surface area contributed by atoms with Crippen LogP contribution in [0.5, 0.6) is 0 Å². The van der Waals surface area contributed by atoms with Crippen molar-refractivity contribution in [3.05, 3.63) is 70.7 Å². The number of amides is 3. The molecule has 0 fully saturated rings. The fourth-order valence-electron chi connectivity index (χ4n) is 2.38. The molecular weight excluding hydrogens is 314 g/mol. The maximum absolute atomic E-state index is 12.3. The van der Waals surface area contributed by atoms with Crippen molar-refractivity contribution in [1.82, 2.24) is 5.32 Å². The molecule has 0 unspecified atom stereocenters. The van der Waals surface area contributed by atoms with Gasteiger partial charge in [0.25, 0.3) is 5.91 Å². The molecule has 0 aliphatic rings. The summed E-state index contributed by atoms with van der Waals surface area (Å²) < 4.78 is 0. The van der Waals surface area contributed by atoms with Gasteiger partial charge < -0.3 is 11.1 Å². The number of halogens is 1. The maximum atomic E-state index is 12.3. The van der Waals surface area contributed by atoms with E-state index in [2.05, 4.69) is 5.32 Å². The van der Waals surface area contributed by atoms with Crippen LogP contribution in [0.4, 0.5) is 4.79 Å². The molecule has 0 heterocycles. The Labute approximate surface area is 139 Å². The summed E-state index contributed by atoms with van der Waals surface area (Å²) in [6.07, 6.45) is 0. The zero-order valence-corrected chi connectivity index (χ0v) is 13.5. The Morgan fingerprint density at radius 2 is 1.65 bits per heavy atom. The van der Waals surface area contributed by atoms with E-state index in [4.69, 9.17) is 17.3 Å². The number of carbonyl (C=O) groups is 2. The summed E-state index contributed by atoms with van der Waals surface area (Å²) in [5.41, 5.74) is 6.90. The Kier molecular flexibility index (Phi) is 5.73. The highest BCUT2D eigenvalue weighted by Gasteiger charge is 2.27. The number of benzene rings is 2. The van der Waals surface area contributed by atoms with Gasteiger partial charge >= 0.3 is 6.03 Å². The molecule has 2 aromatic carbocycles. The second kappa shape index (κ2) is 7.76. The Balaban J connectivity index is 2.21. The van der Waals surface area contributed by atoms with Gasteiger partial charge in [-0.05, 0) is 19.1 Å². The van der Waals surface area contributed by atoms with Crippen LogP contribution in [-0.4, -0.2) is 11.9 Å². The average molecular weight is 333 g/mol. The van der Waals surface area contributed by atoms with E-state index in [1.807, 2.05) is 66.8 Å². The van der Waals surface area contributed by atoms with Crippen molar-refractivity contribution in [1.29, 1.82) is 0 Å². The predicted octanol–water partition coefficient (Wildman–Crippen LogP) is 1.90. The van der Waals surface area contributed by atoms with E-state index >= 15 is 0 Å². The molecule has 3 amide bonds. The van der Waals surface area contributed by atoms with Gasteiger partial charge in [-0.15, -0.1) is 0 Å². The molecule has 0 spiro atoms. The Hall–Kier alpha value is -2.37. The van der Waals surface area contributed by atoms with Crippen molar-refractivity contribution in [3.63, 3.8) is 0 Å². The standard InChI is InChI=1S/C17H18ClN3O2/c1-11(12-7-9-14(18)10-8-12)20-15(16(22)21-17(19)23)13-5-3-2-4-6-13/h2-11,15,20H,1H3,(H3,19,21,22,23)/p+1/t11-,15+/m1/s1. The van der Waals surface area contributed by atoms with E-state index in [0.29, 0.717) is 5.02 Å². The molecule has 5 nitrogen and oxygen atoms in total. The highest BCUT2D eigenvalue weighted by Crippen LogP contribution is 2.16. The van der Waals surface area contributed by atoms with Crippen LogP contribution >= 0.6 is 11.6 Å². The van der Waals surface area contributed by atoms with Gasteiger partial charge in [0.2, 0.25) is 0 Å². The molecule has 0 saturated carbocycles. The van der Waals surface area contributed by atoms with Gasteiger partial charge in [0.15, 0.2) is 6.04 Å². The minimum Gasteiger partial charge on any atom is -0.351 e. The summed E-state index contributed by atoms with van der Waals surface area (Å²) in [6, 6.07) is 15.3. The van der Waals surface area contributed by atoms with Gasteiger partial charge in [-0.25, -0.2) is 4.79 Å². The van der Waals surface area contributed by atoms with Crippen LogP contribution in [-0.2, 0) is 4.79 Å². The molecule has 0 aromatic heterocycles. The lowest BCUT2D eigenvalue weighted by atomic mass is 10.0. The van der Waals surface area contributed by atoms with Crippen molar-refractivity contribution < 1.29 is 14.9 Å². The molecule has 2 aromatic rings. The molecule has 0 bridgehead atoms. The van der Waals surface area contributed by atoms with E-state index in [1.165, 1.54) is 0 Å². The number of hydrogen-bond donors (Lipinski definition) is 3. The lowest BCUT2D eigenvalue weighted by Gasteiger charge is -2.19. The van der Waals surface area contributed by atoms with E-state index in [-0.39, 0.29) is 6.04 Å². The molecule has 0 saturated heterocycles. The molecule has 0 aliphatic carbocycles. The molecule has 2 atom stereocenters. The Morgan fingerprint density at radius 3 is 2.22 bits per heavy atom. The quantitative estimate of drug-likeness (QED) is 0.780. The van der Waals surface area contributed by atoms with Crippen molar-refractivity contribution in [2.45, 2.75) is 19.0 Å². The van der Waals surface area contributed by atoms with Crippen LogP contribution in [0.15, 0.2) is 54.6 Å². The lowest BCUT2D eigenvalue weighted by Crippen LogP contribution is -2.88. The Bertz CT molecular complexity index is 674. The first-order chi connectivity index (χ1) is 11.0. The van der Waals surface area contributed by atoms with Crippen LogP contribution in [0.3, 0.4) is 0 Å². The van der Waals surface area contributed by atoms with Gasteiger partial charge in [-0.2, -0.15) is 0 Å². The fourth-order valence-corrected chi connectivity index (χ4v) is 2.50. The highest BCUT2D eigenvalue weighted by molar-refractivity contribution is 6.30. The second-order valence-corrected chi connectivity index (χ2v) is 5.71. The summed E-state index contributed by atoms with van der Waals surface area (Å²) >= 11 is 5.90. The third kappa shape index (κ3) is 4.81. The zero-order valence-electron chi connectivity index (χ0n) is 12.7. The molecule has 2 rings (SSSR count). The van der Waals surface area contributed by atoms with Gasteiger partial charge in [0.05, 0.1) is 0 Å². The molecule has 0 radical (unpaired) electrons. The number of nitrogens with two attached hydrogens (primary N) is 2. The van der Waals surface area contributed by atoms with Gasteiger partial charge in [0.1, 0.15) is 6.04 Å². The van der Waals surface area contributed by atoms with Gasteiger partial charge in [-0.1, -0.05) is 54.1 Å². The lowest BCUT2D eigenvalue weighted by molar-refractivity contribution is -0.719. The molecule has 0 aliphatic heterocycles. The first-order valence-corrected chi connectivity index (χ1v) is 7.61. The number of urea groups is 1. The van der Waals surface area contributed by atoms with Crippen molar-refractivity contribution in [3.8, 4) is 0 Å². The fraction of sp³-hybridized carbons (Fsp3) is 0.176. The Morgan fingerprint density at radius 1 is 1.04 bits per heavy atom. The molecule has 5 N–H and O–H groups in total. The number of rotatable bonds is 5. The molecule has 23 heavy (non-hydrogen) atoms. The van der Waals surface area contributed by atoms with Crippen LogP contribution in [0, 0.1) is 0 Å². The van der Waals surface area contributed by atoms with E-state index in [1.54, 1.807) is 0 Å². The normalized spacial score (nSPS) is 13.1. The number of quaternary nitrogens is 1.